The number of fused-ring (bicyclic) bond motifs is 5. The van der Waals surface area contributed by atoms with Crippen molar-refractivity contribution in [1.29, 1.82) is 0 Å². The lowest BCUT2D eigenvalue weighted by molar-refractivity contribution is -0.914. The van der Waals surface area contributed by atoms with Crippen LogP contribution in [0.25, 0.3) is 10.9 Å². The van der Waals surface area contributed by atoms with Gasteiger partial charge in [-0.3, -0.25) is 0 Å². The lowest BCUT2D eigenvalue weighted by Crippen LogP contribution is -2.55. The van der Waals surface area contributed by atoms with Crippen LogP contribution in [0.4, 0.5) is 0 Å². The van der Waals surface area contributed by atoms with Crippen LogP contribution in [0.2, 0.25) is 0 Å². The molecule has 1 saturated heterocycles. The number of benzene rings is 1. The van der Waals surface area contributed by atoms with Crippen LogP contribution in [-0.2, 0) is 20.7 Å². The van der Waals surface area contributed by atoms with Crippen LogP contribution < -0.4 is 0 Å². The standard InChI is InChI=1S/C22H26N2O4/c1-4-14-12-24(26)10-9-16-15-7-5-6-8-19(15)23-21(16)20(24)11-17(14)18(13-27-2)22(25)28-3/h4-8,13,17,20,23H,9-12H2,1-3H3/b14-4-,18-13+/t17-,20-,24?/m0/s1. The third-order valence-corrected chi connectivity index (χ3v) is 6.26. The molecule has 0 radical (unpaired) electrons. The monoisotopic (exact) mass is 382 g/mol. The van der Waals surface area contributed by atoms with Gasteiger partial charge in [-0.15, -0.1) is 0 Å². The molecule has 0 bridgehead atoms. The van der Waals surface area contributed by atoms with Gasteiger partial charge in [0.1, 0.15) is 12.6 Å². The third kappa shape index (κ3) is 2.84. The van der Waals surface area contributed by atoms with Crippen molar-refractivity contribution in [2.75, 3.05) is 27.3 Å². The molecule has 2 aliphatic heterocycles. The van der Waals surface area contributed by atoms with Gasteiger partial charge >= 0.3 is 5.97 Å². The molecule has 1 aromatic heterocycles. The Bertz CT molecular complexity index is 974. The first kappa shape index (κ1) is 18.8. The van der Waals surface area contributed by atoms with Gasteiger partial charge in [-0.2, -0.15) is 0 Å². The van der Waals surface area contributed by atoms with Gasteiger partial charge in [-0.05, 0) is 24.1 Å². The molecule has 2 aliphatic rings. The van der Waals surface area contributed by atoms with E-state index in [4.69, 9.17) is 9.47 Å². The molecule has 1 aromatic carbocycles. The average Bonchev–Trinajstić information content (AvgIpc) is 3.09. The largest absolute Gasteiger partial charge is 0.632 e. The number of methoxy groups -OCH3 is 2. The highest BCUT2D eigenvalue weighted by Crippen LogP contribution is 2.48. The van der Waals surface area contributed by atoms with E-state index < -0.39 is 5.97 Å². The first-order valence-electron chi connectivity index (χ1n) is 9.66. The number of piperidine rings is 1. The molecular weight excluding hydrogens is 356 g/mol. The van der Waals surface area contributed by atoms with Gasteiger partial charge in [-0.1, -0.05) is 24.3 Å². The summed E-state index contributed by atoms with van der Waals surface area (Å²) < 4.78 is 9.87. The number of para-hydroxylation sites is 1. The van der Waals surface area contributed by atoms with E-state index in [1.165, 1.54) is 31.4 Å². The first-order valence-corrected chi connectivity index (χ1v) is 9.66. The highest BCUT2D eigenvalue weighted by molar-refractivity contribution is 5.89. The van der Waals surface area contributed by atoms with E-state index in [1.54, 1.807) is 0 Å². The Balaban J connectivity index is 1.80. The third-order valence-electron chi connectivity index (χ3n) is 6.26. The van der Waals surface area contributed by atoms with Crippen LogP contribution in [0.1, 0.15) is 30.6 Å². The number of rotatable bonds is 3. The number of ether oxygens (including phenoxy) is 2. The Morgan fingerprint density at radius 1 is 1.32 bits per heavy atom. The van der Waals surface area contributed by atoms with Gasteiger partial charge in [0.05, 0.1) is 38.3 Å². The number of carbonyl (C=O) groups is 1. The van der Waals surface area contributed by atoms with Crippen molar-refractivity contribution in [1.82, 2.24) is 4.98 Å². The summed E-state index contributed by atoms with van der Waals surface area (Å²) in [5.41, 5.74) is 4.76. The summed E-state index contributed by atoms with van der Waals surface area (Å²) in [5, 5.41) is 15.0. The predicted molar refractivity (Wildman–Crippen MR) is 107 cm³/mol. The zero-order valence-electron chi connectivity index (χ0n) is 16.5. The number of hydroxylamine groups is 3. The molecule has 2 aromatic rings. The molecule has 1 N–H and O–H groups in total. The molecule has 0 amide bonds. The number of aromatic nitrogens is 1. The number of H-pyrrole nitrogens is 1. The second kappa shape index (κ2) is 7.11. The van der Waals surface area contributed by atoms with Crippen molar-refractivity contribution in [2.24, 2.45) is 5.92 Å². The fourth-order valence-corrected chi connectivity index (χ4v) is 4.90. The molecule has 6 nitrogen and oxygen atoms in total. The molecule has 28 heavy (non-hydrogen) atoms. The molecule has 0 saturated carbocycles. The quantitative estimate of drug-likeness (QED) is 0.219. The van der Waals surface area contributed by atoms with Gasteiger partial charge in [0.15, 0.2) is 0 Å². The van der Waals surface area contributed by atoms with Crippen molar-refractivity contribution >= 4 is 16.9 Å². The summed E-state index contributed by atoms with van der Waals surface area (Å²) >= 11 is 0. The Labute approximate surface area is 164 Å². The van der Waals surface area contributed by atoms with Crippen LogP contribution in [0.3, 0.4) is 0 Å². The van der Waals surface area contributed by atoms with E-state index in [9.17, 15) is 10.0 Å². The highest BCUT2D eigenvalue weighted by Gasteiger charge is 2.46. The summed E-state index contributed by atoms with van der Waals surface area (Å²) in [5.74, 6) is -0.607. The van der Waals surface area contributed by atoms with E-state index in [0.717, 1.165) is 23.2 Å². The second-order valence-corrected chi connectivity index (χ2v) is 7.62. The summed E-state index contributed by atoms with van der Waals surface area (Å²) in [7, 11) is 2.89. The Hall–Kier alpha value is -2.57. The van der Waals surface area contributed by atoms with Gasteiger partial charge in [0.25, 0.3) is 0 Å². The minimum absolute atomic E-state index is 0.194. The molecule has 0 aliphatic carbocycles. The van der Waals surface area contributed by atoms with E-state index >= 15 is 0 Å². The number of quaternary nitrogens is 1. The summed E-state index contributed by atoms with van der Waals surface area (Å²) in [6, 6.07) is 7.95. The maximum absolute atomic E-state index is 13.8. The maximum atomic E-state index is 13.8. The summed E-state index contributed by atoms with van der Waals surface area (Å²) in [4.78, 5) is 15.9. The summed E-state index contributed by atoms with van der Waals surface area (Å²) in [6.07, 6.45) is 4.73. The topological polar surface area (TPSA) is 74.4 Å². The van der Waals surface area contributed by atoms with E-state index in [0.29, 0.717) is 25.1 Å². The van der Waals surface area contributed by atoms with Crippen LogP contribution >= 0.6 is 0 Å². The van der Waals surface area contributed by atoms with Gasteiger partial charge < -0.3 is 24.3 Å². The number of hydrogen-bond acceptors (Lipinski definition) is 4. The molecule has 3 atom stereocenters. The minimum Gasteiger partial charge on any atom is -0.632 e. The number of nitrogens with one attached hydrogen (secondary N) is 1. The summed E-state index contributed by atoms with van der Waals surface area (Å²) in [6.45, 7) is 2.85. The molecular formula is C22H26N2O4. The van der Waals surface area contributed by atoms with Crippen molar-refractivity contribution in [3.63, 3.8) is 0 Å². The minimum atomic E-state index is -0.412. The Kier molecular flexibility index (Phi) is 4.77. The van der Waals surface area contributed by atoms with Crippen molar-refractivity contribution in [3.8, 4) is 0 Å². The fourth-order valence-electron chi connectivity index (χ4n) is 4.90. The number of carbonyl (C=O) groups excluding carboxylic acids is 1. The smallest absolute Gasteiger partial charge is 0.337 e. The number of allylic oxidation sites excluding steroid dienone is 1. The predicted octanol–water partition coefficient (Wildman–Crippen LogP) is 3.75. The van der Waals surface area contributed by atoms with E-state index in [1.807, 2.05) is 25.1 Å². The number of esters is 1. The van der Waals surface area contributed by atoms with Gasteiger partial charge in [-0.25, -0.2) is 4.79 Å². The molecule has 148 valence electrons. The molecule has 1 unspecified atom stereocenters. The zero-order valence-corrected chi connectivity index (χ0v) is 16.5. The fraction of sp³-hybridized carbons (Fsp3) is 0.409. The second-order valence-electron chi connectivity index (χ2n) is 7.62. The molecule has 4 rings (SSSR count). The molecule has 3 heterocycles. The van der Waals surface area contributed by atoms with Crippen molar-refractivity contribution in [3.05, 3.63) is 64.2 Å². The van der Waals surface area contributed by atoms with Crippen molar-refractivity contribution < 1.29 is 18.9 Å². The van der Waals surface area contributed by atoms with Crippen molar-refractivity contribution in [2.45, 2.75) is 25.8 Å². The lowest BCUT2D eigenvalue weighted by Gasteiger charge is -2.55. The van der Waals surface area contributed by atoms with Crippen LogP contribution in [-0.4, -0.2) is 42.9 Å². The van der Waals surface area contributed by atoms with Gasteiger partial charge in [0.2, 0.25) is 0 Å². The lowest BCUT2D eigenvalue weighted by atomic mass is 9.77. The van der Waals surface area contributed by atoms with Gasteiger partial charge in [0, 0.05) is 29.7 Å². The van der Waals surface area contributed by atoms with E-state index in [-0.39, 0.29) is 16.6 Å². The van der Waals surface area contributed by atoms with Crippen LogP contribution in [0, 0.1) is 11.1 Å². The molecule has 1 fully saturated rings. The molecule has 0 spiro atoms. The number of nitrogens with zero attached hydrogens (tertiary/aromatic N) is 1. The van der Waals surface area contributed by atoms with E-state index in [2.05, 4.69) is 17.1 Å². The number of hydrogen-bond donors (Lipinski definition) is 1. The number of aromatic amines is 1. The van der Waals surface area contributed by atoms with Crippen LogP contribution in [0.5, 0.6) is 0 Å². The first-order chi connectivity index (χ1) is 13.5. The Morgan fingerprint density at radius 2 is 2.11 bits per heavy atom. The normalized spacial score (nSPS) is 28.7. The zero-order chi connectivity index (χ0) is 19.9. The van der Waals surface area contributed by atoms with Crippen LogP contribution in [0.15, 0.2) is 47.7 Å². The maximum Gasteiger partial charge on any atom is 0.337 e. The molecule has 6 heteroatoms. The highest BCUT2D eigenvalue weighted by atomic mass is 16.5. The average molecular weight is 382 g/mol. The Morgan fingerprint density at radius 3 is 2.82 bits per heavy atom. The SMILES string of the molecule is C/C=C1/C[N+]2([O-])CCc3c([nH]c4ccccc34)[C@@H]2C[C@@H]1/C(=C\OC)C(=O)OC.